The number of hydrogen-bond acceptors (Lipinski definition) is 8. The van der Waals surface area contributed by atoms with Crippen LogP contribution in [0.15, 0.2) is 36.8 Å². The molecule has 53 heavy (non-hydrogen) atoms. The number of rotatable bonds is 7. The Kier molecular flexibility index (Phi) is 7.73. The summed E-state index contributed by atoms with van der Waals surface area (Å²) in [6, 6.07) is 3.00. The molecule has 0 bridgehead atoms. The first kappa shape index (κ1) is 34.8. The summed E-state index contributed by atoms with van der Waals surface area (Å²) in [4.78, 5) is 19.1. The molecular weight excluding hydrogens is 693 g/mol. The summed E-state index contributed by atoms with van der Waals surface area (Å²) in [5.74, 6) is 0.517. The number of fused-ring (bicyclic) bond motifs is 6. The van der Waals surface area contributed by atoms with Crippen LogP contribution in [-0.2, 0) is 22.0 Å². The molecule has 3 saturated heterocycles. The van der Waals surface area contributed by atoms with Crippen LogP contribution in [0.5, 0.6) is 6.01 Å². The number of anilines is 1. The number of aliphatic hydroxyl groups is 1. The van der Waals surface area contributed by atoms with Gasteiger partial charge >= 0.3 is 12.2 Å². The SMILES string of the molecule is C=Cc1c(C)cc(C(F)(F)F)c(C2(F)CC2)c1-c1nccc2c1C1(CC1)c1nc(OC[C@@]34CCCN3C/C(=C\F)C4)nc(N3CCOC[C@@](C)(O)C3)c1-2. The number of ether oxygens (including phenoxy) is 2. The van der Waals surface area contributed by atoms with E-state index in [0.29, 0.717) is 84.6 Å². The second-order valence-corrected chi connectivity index (χ2v) is 16.2. The van der Waals surface area contributed by atoms with Gasteiger partial charge in [-0.15, -0.1) is 0 Å². The van der Waals surface area contributed by atoms with Gasteiger partial charge in [0.2, 0.25) is 0 Å². The highest BCUT2D eigenvalue weighted by atomic mass is 19.4. The van der Waals surface area contributed by atoms with Crippen molar-refractivity contribution in [3.8, 4) is 28.4 Å². The Morgan fingerprint density at radius 3 is 2.58 bits per heavy atom. The number of alkyl halides is 4. The van der Waals surface area contributed by atoms with Crippen molar-refractivity contribution in [3.63, 3.8) is 0 Å². The molecule has 9 rings (SSSR count). The molecule has 6 aliphatic rings. The van der Waals surface area contributed by atoms with Crippen LogP contribution in [0, 0.1) is 6.92 Å². The predicted octanol–water partition coefficient (Wildman–Crippen LogP) is 7.59. The fourth-order valence-electron chi connectivity index (χ4n) is 9.62. The van der Waals surface area contributed by atoms with Crippen LogP contribution in [0.25, 0.3) is 28.5 Å². The van der Waals surface area contributed by atoms with Crippen molar-refractivity contribution in [2.24, 2.45) is 0 Å². The van der Waals surface area contributed by atoms with Crippen molar-refractivity contribution in [1.82, 2.24) is 19.9 Å². The summed E-state index contributed by atoms with van der Waals surface area (Å²) in [6.07, 6.45) is 2.58. The number of hydrogen-bond donors (Lipinski definition) is 1. The highest BCUT2D eigenvalue weighted by Crippen LogP contribution is 2.67. The Bertz CT molecular complexity index is 2070. The Morgan fingerprint density at radius 1 is 1.09 bits per heavy atom. The average molecular weight is 736 g/mol. The van der Waals surface area contributed by atoms with Crippen LogP contribution in [0.3, 0.4) is 0 Å². The first-order valence-electron chi connectivity index (χ1n) is 18.4. The van der Waals surface area contributed by atoms with E-state index < -0.39 is 28.4 Å². The van der Waals surface area contributed by atoms with E-state index in [2.05, 4.69) is 11.5 Å². The molecule has 2 atom stereocenters. The highest BCUT2D eigenvalue weighted by Gasteiger charge is 2.59. The summed E-state index contributed by atoms with van der Waals surface area (Å²) in [6.45, 7) is 9.95. The van der Waals surface area contributed by atoms with Crippen LogP contribution in [0.4, 0.5) is 27.8 Å². The fraction of sp³-hybridized carbons (Fsp3) is 0.525. The van der Waals surface area contributed by atoms with E-state index in [9.17, 15) is 22.7 Å². The third-order valence-electron chi connectivity index (χ3n) is 12.3. The van der Waals surface area contributed by atoms with Gasteiger partial charge in [-0.05, 0) is 105 Å². The zero-order valence-corrected chi connectivity index (χ0v) is 29.9. The molecule has 3 aliphatic heterocycles. The molecule has 1 N–H and O–H groups in total. The zero-order valence-electron chi connectivity index (χ0n) is 29.9. The Morgan fingerprint density at radius 2 is 1.89 bits per heavy atom. The second-order valence-electron chi connectivity index (χ2n) is 16.2. The summed E-state index contributed by atoms with van der Waals surface area (Å²) in [5.41, 5.74) is -1.16. The lowest BCUT2D eigenvalue weighted by atomic mass is 9.82. The molecule has 5 fully saturated rings. The maximum atomic E-state index is 16.4. The molecule has 280 valence electrons. The topological polar surface area (TPSA) is 83.8 Å². The Balaban J connectivity index is 1.24. The van der Waals surface area contributed by atoms with Crippen molar-refractivity contribution in [2.75, 3.05) is 50.9 Å². The lowest BCUT2D eigenvalue weighted by Crippen LogP contribution is -2.44. The van der Waals surface area contributed by atoms with Crippen molar-refractivity contribution in [2.45, 2.75) is 87.2 Å². The highest BCUT2D eigenvalue weighted by molar-refractivity contribution is 5.95. The molecule has 2 saturated carbocycles. The van der Waals surface area contributed by atoms with E-state index in [0.717, 1.165) is 31.0 Å². The van der Waals surface area contributed by atoms with Gasteiger partial charge in [0.05, 0.1) is 48.6 Å². The molecule has 1 aromatic carbocycles. The monoisotopic (exact) mass is 735 g/mol. The molecule has 3 aliphatic carbocycles. The van der Waals surface area contributed by atoms with Crippen LogP contribution >= 0.6 is 0 Å². The van der Waals surface area contributed by atoms with E-state index >= 15 is 4.39 Å². The minimum absolute atomic E-state index is 0.0159. The van der Waals surface area contributed by atoms with Gasteiger partial charge in [0.1, 0.15) is 23.7 Å². The van der Waals surface area contributed by atoms with Crippen molar-refractivity contribution >= 4 is 11.9 Å². The summed E-state index contributed by atoms with van der Waals surface area (Å²) < 4.78 is 86.7. The van der Waals surface area contributed by atoms with Gasteiger partial charge in [-0.1, -0.05) is 12.7 Å². The van der Waals surface area contributed by atoms with Gasteiger partial charge in [-0.2, -0.15) is 23.1 Å². The van der Waals surface area contributed by atoms with Gasteiger partial charge < -0.3 is 19.5 Å². The van der Waals surface area contributed by atoms with E-state index in [1.54, 1.807) is 20.0 Å². The standard InChI is InChI=1S/C40H42F5N5O3/c1-4-25-23(2)16-27(40(43,44)45)31(39(42)10-11-39)28(25)32-30-26(6-12-46-32)29-33(38(30)8-9-38)47-35(48-34(29)49-14-15-52-21-36(3,51)20-49)53-22-37-7-5-13-50(37)19-24(17-37)18-41/h4,6,12,16,18,51H,1,5,7-11,13-15,17,19-22H2,2-3H3/b24-18-/t36-,37-/m0/s1. The number of pyridine rings is 1. The lowest BCUT2D eigenvalue weighted by molar-refractivity contribution is -0.139. The lowest BCUT2D eigenvalue weighted by Gasteiger charge is -2.32. The number of aromatic nitrogens is 3. The third kappa shape index (κ3) is 5.43. The minimum atomic E-state index is -4.79. The van der Waals surface area contributed by atoms with Gasteiger partial charge in [0.15, 0.2) is 0 Å². The molecule has 0 unspecified atom stereocenters. The van der Waals surface area contributed by atoms with Crippen molar-refractivity contribution < 1.29 is 36.5 Å². The smallest absolute Gasteiger partial charge is 0.416 e. The molecule has 0 amide bonds. The van der Waals surface area contributed by atoms with Crippen molar-refractivity contribution in [1.29, 1.82) is 0 Å². The molecule has 0 radical (unpaired) electrons. The van der Waals surface area contributed by atoms with Gasteiger partial charge in [-0.3, -0.25) is 9.88 Å². The fourth-order valence-corrected chi connectivity index (χ4v) is 9.62. The molecule has 13 heteroatoms. The predicted molar refractivity (Wildman–Crippen MR) is 189 cm³/mol. The average Bonchev–Trinajstić information content (AvgIpc) is 3.99. The molecular formula is C40H42F5N5O3. The maximum Gasteiger partial charge on any atom is 0.416 e. The number of halogens is 5. The van der Waals surface area contributed by atoms with Crippen LogP contribution in [0.1, 0.15) is 85.4 Å². The Labute approximate surface area is 304 Å². The van der Waals surface area contributed by atoms with Gasteiger partial charge in [-0.25, -0.2) is 8.78 Å². The molecule has 1 spiro atoms. The third-order valence-corrected chi connectivity index (χ3v) is 12.3. The van der Waals surface area contributed by atoms with E-state index in [1.165, 1.54) is 6.08 Å². The summed E-state index contributed by atoms with van der Waals surface area (Å²) in [7, 11) is 0. The first-order valence-corrected chi connectivity index (χ1v) is 18.4. The van der Waals surface area contributed by atoms with Gasteiger partial charge in [0, 0.05) is 41.4 Å². The molecule has 8 nitrogen and oxygen atoms in total. The summed E-state index contributed by atoms with van der Waals surface area (Å²) >= 11 is 0. The van der Waals surface area contributed by atoms with E-state index in [-0.39, 0.29) is 61.0 Å². The molecule has 5 heterocycles. The summed E-state index contributed by atoms with van der Waals surface area (Å²) in [5, 5.41) is 11.3. The maximum absolute atomic E-state index is 16.4. The number of aryl methyl sites for hydroxylation is 1. The molecule has 2 aromatic heterocycles. The van der Waals surface area contributed by atoms with E-state index in [4.69, 9.17) is 24.4 Å². The quantitative estimate of drug-likeness (QED) is 0.249. The van der Waals surface area contributed by atoms with Crippen LogP contribution in [0.2, 0.25) is 0 Å². The second kappa shape index (κ2) is 11.8. The van der Waals surface area contributed by atoms with Gasteiger partial charge in [0.25, 0.3) is 0 Å². The van der Waals surface area contributed by atoms with E-state index in [1.807, 2.05) is 11.0 Å². The van der Waals surface area contributed by atoms with Crippen LogP contribution < -0.4 is 9.64 Å². The van der Waals surface area contributed by atoms with Crippen molar-refractivity contribution in [3.05, 3.63) is 70.3 Å². The number of nitrogens with zero attached hydrogens (tertiary/aromatic N) is 5. The first-order chi connectivity index (χ1) is 25.2. The van der Waals surface area contributed by atoms with Crippen LogP contribution in [-0.4, -0.2) is 82.1 Å². The number of benzene rings is 1. The minimum Gasteiger partial charge on any atom is -0.461 e. The normalized spacial score (nSPS) is 27.5. The number of β-amino-alcohol motifs (C(OH)–C–C–N with tert-alkyl or cyclic N) is 1. The zero-order chi connectivity index (χ0) is 37.1. The molecule has 3 aromatic rings. The Hall–Kier alpha value is -3.94. The largest absolute Gasteiger partial charge is 0.461 e.